The Hall–Kier alpha value is -3.26. The number of fused-ring (bicyclic) bond motifs is 2. The van der Waals surface area contributed by atoms with E-state index in [-0.39, 0.29) is 13.1 Å². The van der Waals surface area contributed by atoms with E-state index in [1.165, 1.54) is 16.5 Å². The van der Waals surface area contributed by atoms with E-state index >= 15 is 0 Å². The second-order valence-corrected chi connectivity index (χ2v) is 9.47. The number of anilines is 1. The van der Waals surface area contributed by atoms with Crippen LogP contribution in [0.25, 0.3) is 10.8 Å². The average molecular weight is 498 g/mol. The molecule has 0 unspecified atom stereocenters. The molecule has 0 N–H and O–H groups in total. The second kappa shape index (κ2) is 10.4. The molecular weight excluding hydrogens is 467 g/mol. The fraction of sp³-hybridized carbons (Fsp3) is 0.393. The Morgan fingerprint density at radius 1 is 0.861 bits per heavy atom. The summed E-state index contributed by atoms with van der Waals surface area (Å²) in [5.74, 6) is -1.15. The maximum absolute atomic E-state index is 12.7. The summed E-state index contributed by atoms with van der Waals surface area (Å²) in [7, 11) is 0. The number of rotatable bonds is 7. The van der Waals surface area contributed by atoms with Crippen LogP contribution in [0, 0.1) is 0 Å². The first-order valence-corrected chi connectivity index (χ1v) is 12.4. The minimum Gasteiger partial charge on any atom is -0.494 e. The number of halogens is 3. The normalized spacial score (nSPS) is 16.4. The van der Waals surface area contributed by atoms with E-state index in [0.717, 1.165) is 56.0 Å². The van der Waals surface area contributed by atoms with Gasteiger partial charge in [0.25, 0.3) is 0 Å². The van der Waals surface area contributed by atoms with Gasteiger partial charge in [-0.3, -0.25) is 9.69 Å². The molecule has 3 aromatic carbocycles. The molecule has 3 aromatic rings. The number of alkyl halides is 3. The van der Waals surface area contributed by atoms with Crippen LogP contribution in [0.3, 0.4) is 0 Å². The van der Waals surface area contributed by atoms with Crippen molar-refractivity contribution in [2.24, 2.45) is 0 Å². The van der Waals surface area contributed by atoms with Gasteiger partial charge in [0.2, 0.25) is 0 Å². The summed E-state index contributed by atoms with van der Waals surface area (Å²) < 4.78 is 44.0. The molecule has 2 aliphatic rings. The molecule has 0 aliphatic carbocycles. The van der Waals surface area contributed by atoms with Gasteiger partial charge in [0.05, 0.1) is 6.61 Å². The van der Waals surface area contributed by atoms with Crippen molar-refractivity contribution >= 4 is 22.4 Å². The number of piperazine rings is 1. The summed E-state index contributed by atoms with van der Waals surface area (Å²) in [5, 5.41) is 2.57. The second-order valence-electron chi connectivity index (χ2n) is 9.47. The van der Waals surface area contributed by atoms with Crippen LogP contribution in [0.5, 0.6) is 5.75 Å². The standard InChI is InChI=1S/C28H30F3N3O2/c29-28(30,31)27(35)34-19-22-10-11-24(18-23(22)20-34)36-17-4-3-12-32-13-15-33(16-14-32)26-9-5-7-21-6-1-2-8-25(21)26/h1-2,5-11,18H,3-4,12-17,19-20H2. The van der Waals surface area contributed by atoms with Crippen LogP contribution < -0.4 is 9.64 Å². The molecular formula is C28H30F3N3O2. The molecule has 36 heavy (non-hydrogen) atoms. The highest BCUT2D eigenvalue weighted by molar-refractivity contribution is 5.94. The van der Waals surface area contributed by atoms with E-state index in [1.807, 2.05) is 0 Å². The predicted octanol–water partition coefficient (Wildman–Crippen LogP) is 5.23. The fourth-order valence-corrected chi connectivity index (χ4v) is 5.11. The van der Waals surface area contributed by atoms with Gasteiger partial charge < -0.3 is 14.5 Å². The predicted molar refractivity (Wildman–Crippen MR) is 134 cm³/mol. The number of carbonyl (C=O) groups excluding carboxylic acids is 1. The van der Waals surface area contributed by atoms with Crippen molar-refractivity contribution in [3.05, 3.63) is 71.8 Å². The smallest absolute Gasteiger partial charge is 0.471 e. The van der Waals surface area contributed by atoms with Gasteiger partial charge >= 0.3 is 12.1 Å². The molecule has 0 aromatic heterocycles. The number of carbonyl (C=O) groups is 1. The molecule has 0 spiro atoms. The Morgan fingerprint density at radius 3 is 2.42 bits per heavy atom. The van der Waals surface area contributed by atoms with Crippen molar-refractivity contribution in [1.29, 1.82) is 0 Å². The first-order chi connectivity index (χ1) is 17.4. The van der Waals surface area contributed by atoms with Gasteiger partial charge in [-0.05, 0) is 54.1 Å². The molecule has 190 valence electrons. The first kappa shape index (κ1) is 24.4. The molecule has 5 nitrogen and oxygen atoms in total. The zero-order chi connectivity index (χ0) is 25.1. The van der Waals surface area contributed by atoms with Crippen molar-refractivity contribution in [2.45, 2.75) is 32.1 Å². The number of nitrogens with zero attached hydrogens (tertiary/aromatic N) is 3. The van der Waals surface area contributed by atoms with E-state index < -0.39 is 12.1 Å². The number of amides is 1. The molecule has 2 aliphatic heterocycles. The van der Waals surface area contributed by atoms with Crippen LogP contribution in [-0.2, 0) is 17.9 Å². The van der Waals surface area contributed by atoms with Crippen LogP contribution in [0.1, 0.15) is 24.0 Å². The maximum Gasteiger partial charge on any atom is 0.471 e. The molecule has 8 heteroatoms. The molecule has 0 saturated carbocycles. The van der Waals surface area contributed by atoms with Crippen molar-refractivity contribution in [2.75, 3.05) is 44.2 Å². The van der Waals surface area contributed by atoms with Crippen molar-refractivity contribution in [3.63, 3.8) is 0 Å². The third-order valence-corrected chi connectivity index (χ3v) is 7.05. The van der Waals surface area contributed by atoms with Gasteiger partial charge in [-0.25, -0.2) is 0 Å². The highest BCUT2D eigenvalue weighted by atomic mass is 19.4. The zero-order valence-corrected chi connectivity index (χ0v) is 20.1. The lowest BCUT2D eigenvalue weighted by atomic mass is 10.1. The molecule has 2 heterocycles. The monoisotopic (exact) mass is 497 g/mol. The SMILES string of the molecule is O=C(N1Cc2ccc(OCCCCN3CCN(c4cccc5ccccc45)CC3)cc2C1)C(F)(F)F. The Balaban J connectivity index is 1.03. The number of unbranched alkanes of at least 4 members (excludes halogenated alkanes) is 1. The minimum absolute atomic E-state index is 0.0122. The molecule has 0 atom stereocenters. The summed E-state index contributed by atoms with van der Waals surface area (Å²) in [4.78, 5) is 17.3. The van der Waals surface area contributed by atoms with Gasteiger partial charge in [0.15, 0.2) is 0 Å². The van der Waals surface area contributed by atoms with Gasteiger partial charge in [-0.1, -0.05) is 42.5 Å². The summed E-state index contributed by atoms with van der Waals surface area (Å²) in [6.07, 6.45) is -2.92. The lowest BCUT2D eigenvalue weighted by molar-refractivity contribution is -0.186. The zero-order valence-electron chi connectivity index (χ0n) is 20.1. The van der Waals surface area contributed by atoms with Gasteiger partial charge in [-0.2, -0.15) is 13.2 Å². The van der Waals surface area contributed by atoms with Crippen LogP contribution in [0.15, 0.2) is 60.7 Å². The maximum atomic E-state index is 12.7. The highest BCUT2D eigenvalue weighted by Crippen LogP contribution is 2.31. The Labute approximate surface area is 209 Å². The van der Waals surface area contributed by atoms with Crippen LogP contribution in [0.4, 0.5) is 18.9 Å². The lowest BCUT2D eigenvalue weighted by Gasteiger charge is -2.36. The summed E-state index contributed by atoms with van der Waals surface area (Å²) >= 11 is 0. The Morgan fingerprint density at radius 2 is 1.61 bits per heavy atom. The van der Waals surface area contributed by atoms with Crippen molar-refractivity contribution < 1.29 is 22.7 Å². The average Bonchev–Trinajstić information content (AvgIpc) is 3.31. The quantitative estimate of drug-likeness (QED) is 0.419. The Bertz CT molecular complexity index is 1220. The molecule has 0 radical (unpaired) electrons. The third kappa shape index (κ3) is 5.43. The molecule has 5 rings (SSSR count). The number of ether oxygens (including phenoxy) is 1. The third-order valence-electron chi connectivity index (χ3n) is 7.05. The molecule has 0 bridgehead atoms. The van der Waals surface area contributed by atoms with Gasteiger partial charge in [-0.15, -0.1) is 0 Å². The van der Waals surface area contributed by atoms with Gasteiger partial charge in [0.1, 0.15) is 5.75 Å². The topological polar surface area (TPSA) is 36.0 Å². The van der Waals surface area contributed by atoms with Crippen LogP contribution in [-0.4, -0.2) is 61.2 Å². The highest BCUT2D eigenvalue weighted by Gasteiger charge is 2.44. The van der Waals surface area contributed by atoms with Crippen LogP contribution >= 0.6 is 0 Å². The van der Waals surface area contributed by atoms with E-state index in [9.17, 15) is 18.0 Å². The van der Waals surface area contributed by atoms with Gasteiger partial charge in [0, 0.05) is 50.3 Å². The minimum atomic E-state index is -4.84. The van der Waals surface area contributed by atoms with Crippen molar-refractivity contribution in [3.8, 4) is 5.75 Å². The summed E-state index contributed by atoms with van der Waals surface area (Å²) in [5.41, 5.74) is 2.76. The number of hydrogen-bond donors (Lipinski definition) is 0. The lowest BCUT2D eigenvalue weighted by Crippen LogP contribution is -2.46. The molecule has 1 amide bonds. The first-order valence-electron chi connectivity index (χ1n) is 12.4. The van der Waals surface area contributed by atoms with E-state index in [1.54, 1.807) is 18.2 Å². The van der Waals surface area contributed by atoms with Crippen LogP contribution in [0.2, 0.25) is 0 Å². The molecule has 1 saturated heterocycles. The Kier molecular flexibility index (Phi) is 7.05. The largest absolute Gasteiger partial charge is 0.494 e. The number of hydrogen-bond acceptors (Lipinski definition) is 4. The molecule has 1 fully saturated rings. The van der Waals surface area contributed by atoms with E-state index in [0.29, 0.717) is 17.9 Å². The summed E-state index contributed by atoms with van der Waals surface area (Å²) in [6.45, 7) is 5.60. The fourth-order valence-electron chi connectivity index (χ4n) is 5.11. The van der Waals surface area contributed by atoms with Crippen molar-refractivity contribution in [1.82, 2.24) is 9.80 Å². The van der Waals surface area contributed by atoms with E-state index in [2.05, 4.69) is 52.3 Å². The summed E-state index contributed by atoms with van der Waals surface area (Å²) in [6, 6.07) is 20.3. The van der Waals surface area contributed by atoms with E-state index in [4.69, 9.17) is 4.74 Å². The number of benzene rings is 3.